The van der Waals surface area contributed by atoms with Gasteiger partial charge in [0.15, 0.2) is 0 Å². The Morgan fingerprint density at radius 3 is 2.82 bits per heavy atom. The van der Waals surface area contributed by atoms with Crippen LogP contribution in [0.2, 0.25) is 0 Å². The first-order chi connectivity index (χ1) is 8.20. The number of nitrogens with zero attached hydrogens (tertiary/aromatic N) is 4. The van der Waals surface area contributed by atoms with Gasteiger partial charge in [-0.25, -0.2) is 5.10 Å². The summed E-state index contributed by atoms with van der Waals surface area (Å²) in [6.45, 7) is 1.86. The Labute approximate surface area is 96.6 Å². The third kappa shape index (κ3) is 2.32. The van der Waals surface area contributed by atoms with Crippen molar-refractivity contribution in [2.75, 3.05) is 0 Å². The Bertz CT molecular complexity index is 635. The van der Waals surface area contributed by atoms with Crippen molar-refractivity contribution < 1.29 is 0 Å². The predicted molar refractivity (Wildman–Crippen MR) is 63.8 cm³/mol. The Morgan fingerprint density at radius 2 is 2.18 bits per heavy atom. The molecular formula is C11H9N5O. The van der Waals surface area contributed by atoms with Crippen molar-refractivity contribution in [2.24, 2.45) is 5.11 Å². The van der Waals surface area contributed by atoms with E-state index in [0.717, 1.165) is 11.1 Å². The molecule has 84 valence electrons. The van der Waals surface area contributed by atoms with Gasteiger partial charge in [-0.1, -0.05) is 17.2 Å². The minimum atomic E-state index is -0.254. The average Bonchev–Trinajstić information content (AvgIpc) is 2.33. The molecule has 2 rings (SSSR count). The maximum Gasteiger partial charge on any atom is 0.264 e. The summed E-state index contributed by atoms with van der Waals surface area (Å²) < 4.78 is 0. The molecule has 0 amide bonds. The number of aromatic nitrogens is 2. The van der Waals surface area contributed by atoms with Crippen molar-refractivity contribution in [3.8, 4) is 11.3 Å². The van der Waals surface area contributed by atoms with E-state index >= 15 is 0 Å². The molecule has 1 heterocycles. The minimum absolute atomic E-state index is 0.254. The molecule has 0 aliphatic rings. The van der Waals surface area contributed by atoms with Crippen LogP contribution in [0.1, 0.15) is 5.56 Å². The SMILES string of the molecule is Cc1ccc(-c2ccc(=O)[nH]n2)cc1N=[N+]=[N-]. The molecule has 0 fully saturated rings. The number of nitrogens with one attached hydrogen (secondary N) is 1. The third-order valence-corrected chi connectivity index (χ3v) is 2.34. The van der Waals surface area contributed by atoms with Crippen LogP contribution in [0.15, 0.2) is 40.2 Å². The topological polar surface area (TPSA) is 94.5 Å². The Hall–Kier alpha value is -2.59. The highest BCUT2D eigenvalue weighted by molar-refractivity contribution is 5.65. The zero-order chi connectivity index (χ0) is 12.3. The van der Waals surface area contributed by atoms with E-state index in [1.165, 1.54) is 6.07 Å². The molecule has 6 heteroatoms. The van der Waals surface area contributed by atoms with Crippen molar-refractivity contribution in [1.29, 1.82) is 0 Å². The van der Waals surface area contributed by atoms with Gasteiger partial charge in [0.1, 0.15) is 0 Å². The van der Waals surface area contributed by atoms with Gasteiger partial charge in [0.25, 0.3) is 5.56 Å². The molecule has 0 atom stereocenters. The second-order valence-corrected chi connectivity index (χ2v) is 3.50. The Kier molecular flexibility index (Phi) is 2.89. The largest absolute Gasteiger partial charge is 0.268 e. The molecule has 0 spiro atoms. The van der Waals surface area contributed by atoms with E-state index in [1.54, 1.807) is 12.1 Å². The maximum atomic E-state index is 10.9. The summed E-state index contributed by atoms with van der Waals surface area (Å²) in [4.78, 5) is 13.7. The van der Waals surface area contributed by atoms with Crippen molar-refractivity contribution in [3.63, 3.8) is 0 Å². The Balaban J connectivity index is 2.53. The molecule has 0 radical (unpaired) electrons. The van der Waals surface area contributed by atoms with E-state index in [1.807, 2.05) is 19.1 Å². The van der Waals surface area contributed by atoms with Gasteiger partial charge in [0.2, 0.25) is 0 Å². The fourth-order valence-corrected chi connectivity index (χ4v) is 1.43. The van der Waals surface area contributed by atoms with Crippen LogP contribution >= 0.6 is 0 Å². The molecule has 1 aromatic carbocycles. The van der Waals surface area contributed by atoms with Crippen LogP contribution in [0.3, 0.4) is 0 Å². The zero-order valence-electron chi connectivity index (χ0n) is 9.08. The van der Waals surface area contributed by atoms with Crippen LogP contribution in [-0.2, 0) is 0 Å². The van der Waals surface area contributed by atoms with Gasteiger partial charge in [-0.05, 0) is 30.2 Å². The summed E-state index contributed by atoms with van der Waals surface area (Å²) >= 11 is 0. The predicted octanol–water partition coefficient (Wildman–Crippen LogP) is 2.69. The van der Waals surface area contributed by atoms with Gasteiger partial charge in [-0.3, -0.25) is 4.79 Å². The Morgan fingerprint density at radius 1 is 1.35 bits per heavy atom. The van der Waals surface area contributed by atoms with Crippen molar-refractivity contribution >= 4 is 5.69 Å². The lowest BCUT2D eigenvalue weighted by Gasteiger charge is -2.03. The van der Waals surface area contributed by atoms with E-state index in [9.17, 15) is 4.79 Å². The van der Waals surface area contributed by atoms with Gasteiger partial charge in [-0.15, -0.1) is 0 Å². The van der Waals surface area contributed by atoms with Crippen LogP contribution in [0.5, 0.6) is 0 Å². The lowest BCUT2D eigenvalue weighted by Crippen LogP contribution is -2.05. The van der Waals surface area contributed by atoms with Crippen LogP contribution in [-0.4, -0.2) is 10.2 Å². The maximum absolute atomic E-state index is 10.9. The fourth-order valence-electron chi connectivity index (χ4n) is 1.43. The molecule has 6 nitrogen and oxygen atoms in total. The van der Waals surface area contributed by atoms with Crippen LogP contribution < -0.4 is 5.56 Å². The minimum Gasteiger partial charge on any atom is -0.268 e. The summed E-state index contributed by atoms with van der Waals surface area (Å²) in [6.07, 6.45) is 0. The summed E-state index contributed by atoms with van der Waals surface area (Å²) in [5.41, 5.74) is 11.0. The van der Waals surface area contributed by atoms with Gasteiger partial charge >= 0.3 is 0 Å². The van der Waals surface area contributed by atoms with Crippen molar-refractivity contribution in [1.82, 2.24) is 10.2 Å². The molecule has 0 aliphatic carbocycles. The smallest absolute Gasteiger partial charge is 0.264 e. The first kappa shape index (κ1) is 10.9. The summed E-state index contributed by atoms with van der Waals surface area (Å²) in [5, 5.41) is 9.85. The summed E-state index contributed by atoms with van der Waals surface area (Å²) in [6, 6.07) is 8.44. The van der Waals surface area contributed by atoms with E-state index in [-0.39, 0.29) is 5.56 Å². The molecule has 0 unspecified atom stereocenters. The van der Waals surface area contributed by atoms with E-state index in [2.05, 4.69) is 20.2 Å². The zero-order valence-corrected chi connectivity index (χ0v) is 9.08. The second kappa shape index (κ2) is 4.51. The van der Waals surface area contributed by atoms with E-state index in [0.29, 0.717) is 11.4 Å². The number of hydrogen-bond donors (Lipinski definition) is 1. The first-order valence-electron chi connectivity index (χ1n) is 4.92. The van der Waals surface area contributed by atoms with Crippen LogP contribution in [0, 0.1) is 6.92 Å². The number of aryl methyl sites for hydroxylation is 1. The second-order valence-electron chi connectivity index (χ2n) is 3.50. The first-order valence-corrected chi connectivity index (χ1v) is 4.92. The third-order valence-electron chi connectivity index (χ3n) is 2.34. The van der Waals surface area contributed by atoms with Crippen LogP contribution in [0.4, 0.5) is 5.69 Å². The van der Waals surface area contributed by atoms with E-state index < -0.39 is 0 Å². The highest BCUT2D eigenvalue weighted by Gasteiger charge is 2.02. The van der Waals surface area contributed by atoms with Gasteiger partial charge in [-0.2, -0.15) is 5.10 Å². The van der Waals surface area contributed by atoms with Crippen molar-refractivity contribution in [3.05, 3.63) is 56.7 Å². The van der Waals surface area contributed by atoms with Crippen molar-refractivity contribution in [2.45, 2.75) is 6.92 Å². The number of aromatic amines is 1. The average molecular weight is 227 g/mol. The van der Waals surface area contributed by atoms with E-state index in [4.69, 9.17) is 5.53 Å². The highest BCUT2D eigenvalue weighted by Crippen LogP contribution is 2.25. The lowest BCUT2D eigenvalue weighted by molar-refractivity contribution is 0.995. The molecule has 0 saturated carbocycles. The molecule has 0 aliphatic heterocycles. The summed E-state index contributed by atoms with van der Waals surface area (Å²) in [5.74, 6) is 0. The number of benzene rings is 1. The standard InChI is InChI=1S/C11H9N5O/c1-7-2-3-8(6-10(7)14-16-12)9-4-5-11(17)15-13-9/h2-6H,1H3,(H,15,17). The van der Waals surface area contributed by atoms with Gasteiger partial charge < -0.3 is 0 Å². The fraction of sp³-hybridized carbons (Fsp3) is 0.0909. The van der Waals surface area contributed by atoms with Crippen LogP contribution in [0.25, 0.3) is 21.7 Å². The monoisotopic (exact) mass is 227 g/mol. The number of azide groups is 1. The number of H-pyrrole nitrogens is 1. The lowest BCUT2D eigenvalue weighted by atomic mass is 10.1. The normalized spacial score (nSPS) is 9.71. The number of hydrogen-bond acceptors (Lipinski definition) is 3. The summed E-state index contributed by atoms with van der Waals surface area (Å²) in [7, 11) is 0. The molecule has 0 saturated heterocycles. The van der Waals surface area contributed by atoms with Gasteiger partial charge in [0.05, 0.1) is 5.69 Å². The highest BCUT2D eigenvalue weighted by atomic mass is 16.1. The quantitative estimate of drug-likeness (QED) is 0.485. The molecular weight excluding hydrogens is 218 g/mol. The molecule has 0 bridgehead atoms. The van der Waals surface area contributed by atoms with Gasteiger partial charge in [0, 0.05) is 22.2 Å². The number of rotatable bonds is 2. The molecule has 1 aromatic heterocycles. The molecule has 1 N–H and O–H groups in total. The molecule has 17 heavy (non-hydrogen) atoms. The molecule has 2 aromatic rings.